The third kappa shape index (κ3) is 1.75. The summed E-state index contributed by atoms with van der Waals surface area (Å²) in [5.74, 6) is 0. The summed E-state index contributed by atoms with van der Waals surface area (Å²) in [4.78, 5) is 0. The maximum absolute atomic E-state index is 8.90. The third-order valence-corrected chi connectivity index (χ3v) is 2.26. The molecule has 1 aromatic heterocycles. The quantitative estimate of drug-likeness (QED) is 0.742. The number of aryl methyl sites for hydroxylation is 1. The lowest BCUT2D eigenvalue weighted by Crippen LogP contribution is -1.99. The van der Waals surface area contributed by atoms with Gasteiger partial charge >= 0.3 is 0 Å². The Hall–Kier alpha value is -2.08. The van der Waals surface area contributed by atoms with Crippen LogP contribution in [0.4, 0.5) is 0 Å². The van der Waals surface area contributed by atoms with Crippen molar-refractivity contribution >= 4 is 0 Å². The lowest BCUT2D eigenvalue weighted by atomic mass is 10.1. The molecule has 1 heterocycles. The van der Waals surface area contributed by atoms with Gasteiger partial charge in [-0.1, -0.05) is 30.3 Å². The highest BCUT2D eigenvalue weighted by molar-refractivity contribution is 5.60. The number of benzene rings is 1. The first-order valence-electron chi connectivity index (χ1n) is 4.88. The van der Waals surface area contributed by atoms with E-state index in [0.717, 1.165) is 17.8 Å². The lowest BCUT2D eigenvalue weighted by molar-refractivity contribution is 0.653. The van der Waals surface area contributed by atoms with Gasteiger partial charge in [0.2, 0.25) is 0 Å². The van der Waals surface area contributed by atoms with Gasteiger partial charge in [-0.05, 0) is 6.92 Å². The van der Waals surface area contributed by atoms with Crippen molar-refractivity contribution in [3.63, 3.8) is 0 Å². The van der Waals surface area contributed by atoms with Crippen LogP contribution < -0.4 is 0 Å². The largest absolute Gasteiger partial charge is 0.255 e. The highest BCUT2D eigenvalue weighted by Gasteiger charge is 2.06. The van der Waals surface area contributed by atoms with Crippen LogP contribution in [0.25, 0.3) is 11.3 Å². The van der Waals surface area contributed by atoms with Crippen LogP contribution in [0, 0.1) is 11.3 Å². The summed E-state index contributed by atoms with van der Waals surface area (Å²) in [6.07, 6.45) is 0. The molecule has 0 unspecified atom stereocenters. The Kier molecular flexibility index (Phi) is 2.51. The molecule has 0 amide bonds. The Bertz CT molecular complexity index is 491. The molecule has 0 radical (unpaired) electrons. The van der Waals surface area contributed by atoms with Crippen molar-refractivity contribution in [3.05, 3.63) is 42.1 Å². The number of nitriles is 1. The summed E-state index contributed by atoms with van der Waals surface area (Å²) in [6, 6.07) is 13.8. The Labute approximate surface area is 88.6 Å². The Balaban J connectivity index is 2.48. The van der Waals surface area contributed by atoms with Gasteiger partial charge in [0.05, 0.1) is 5.69 Å². The van der Waals surface area contributed by atoms with E-state index < -0.39 is 0 Å². The number of nitrogens with zero attached hydrogens (tertiary/aromatic N) is 3. The van der Waals surface area contributed by atoms with Crippen LogP contribution in [0.5, 0.6) is 0 Å². The molecule has 3 heteroatoms. The molecule has 2 aromatic rings. The molecule has 0 saturated heterocycles. The van der Waals surface area contributed by atoms with Crippen molar-refractivity contribution in [2.45, 2.75) is 13.5 Å². The minimum atomic E-state index is 0.608. The van der Waals surface area contributed by atoms with Gasteiger partial charge in [-0.25, -0.2) is 0 Å². The molecule has 0 N–H and O–H groups in total. The lowest BCUT2D eigenvalue weighted by Gasteiger charge is -1.96. The average Bonchev–Trinajstić information content (AvgIpc) is 2.73. The predicted octanol–water partition coefficient (Wildman–Crippen LogP) is 2.44. The van der Waals surface area contributed by atoms with E-state index in [0.29, 0.717) is 5.69 Å². The van der Waals surface area contributed by atoms with Crippen LogP contribution in [0.3, 0.4) is 0 Å². The van der Waals surface area contributed by atoms with E-state index in [9.17, 15) is 0 Å². The summed E-state index contributed by atoms with van der Waals surface area (Å²) >= 11 is 0. The zero-order valence-electron chi connectivity index (χ0n) is 8.51. The monoisotopic (exact) mass is 197 g/mol. The topological polar surface area (TPSA) is 41.6 Å². The van der Waals surface area contributed by atoms with E-state index in [1.54, 1.807) is 4.68 Å². The fourth-order valence-electron chi connectivity index (χ4n) is 1.50. The van der Waals surface area contributed by atoms with Crippen LogP contribution in [0.1, 0.15) is 12.6 Å². The molecule has 0 aliphatic carbocycles. The first kappa shape index (κ1) is 9.47. The molecule has 1 aromatic carbocycles. The summed E-state index contributed by atoms with van der Waals surface area (Å²) in [7, 11) is 0. The van der Waals surface area contributed by atoms with E-state index in [1.807, 2.05) is 43.3 Å². The second-order valence-electron chi connectivity index (χ2n) is 3.21. The van der Waals surface area contributed by atoms with Crippen LogP contribution in [-0.4, -0.2) is 9.78 Å². The molecule has 0 atom stereocenters. The SMILES string of the molecule is CCn1nc(-c2ccccc2)cc1C#N. The molecule has 0 bridgehead atoms. The molecule has 2 rings (SSSR count). The molecule has 0 saturated carbocycles. The standard InChI is InChI=1S/C12H11N3/c1-2-15-11(9-13)8-12(14-15)10-6-4-3-5-7-10/h3-8H,2H2,1H3. The van der Waals surface area contributed by atoms with Gasteiger partial charge in [-0.3, -0.25) is 4.68 Å². The zero-order valence-corrected chi connectivity index (χ0v) is 8.51. The van der Waals surface area contributed by atoms with Gasteiger partial charge in [0.25, 0.3) is 0 Å². The third-order valence-electron chi connectivity index (χ3n) is 2.26. The molecule has 0 fully saturated rings. The van der Waals surface area contributed by atoms with Gasteiger partial charge in [-0.15, -0.1) is 0 Å². The fraction of sp³-hybridized carbons (Fsp3) is 0.167. The van der Waals surface area contributed by atoms with Gasteiger partial charge in [0.15, 0.2) is 0 Å². The first-order valence-corrected chi connectivity index (χ1v) is 4.88. The maximum Gasteiger partial charge on any atom is 0.139 e. The first-order chi connectivity index (χ1) is 7.35. The van der Waals surface area contributed by atoms with Crippen LogP contribution >= 0.6 is 0 Å². The van der Waals surface area contributed by atoms with Gasteiger partial charge in [-0.2, -0.15) is 10.4 Å². The molecule has 0 aliphatic rings. The highest BCUT2D eigenvalue weighted by atomic mass is 15.3. The van der Waals surface area contributed by atoms with Gasteiger partial charge in [0, 0.05) is 18.2 Å². The van der Waals surface area contributed by atoms with Crippen molar-refractivity contribution in [1.29, 1.82) is 5.26 Å². The molecular formula is C12H11N3. The van der Waals surface area contributed by atoms with Crippen LogP contribution in [0.2, 0.25) is 0 Å². The molecule has 74 valence electrons. The second kappa shape index (κ2) is 3.97. The minimum Gasteiger partial charge on any atom is -0.255 e. The fourth-order valence-corrected chi connectivity index (χ4v) is 1.50. The van der Waals surface area contributed by atoms with Crippen molar-refractivity contribution in [3.8, 4) is 17.3 Å². The predicted molar refractivity (Wildman–Crippen MR) is 58.1 cm³/mol. The molecule has 0 aliphatic heterocycles. The summed E-state index contributed by atoms with van der Waals surface area (Å²) in [6.45, 7) is 2.69. The van der Waals surface area contributed by atoms with Crippen molar-refractivity contribution in [2.75, 3.05) is 0 Å². The van der Waals surface area contributed by atoms with E-state index in [1.165, 1.54) is 0 Å². The molecule has 15 heavy (non-hydrogen) atoms. The van der Waals surface area contributed by atoms with Crippen molar-refractivity contribution in [2.24, 2.45) is 0 Å². The van der Waals surface area contributed by atoms with E-state index in [-0.39, 0.29) is 0 Å². The summed E-state index contributed by atoms with van der Waals surface area (Å²) < 4.78 is 1.71. The van der Waals surface area contributed by atoms with Gasteiger partial charge in [0.1, 0.15) is 11.8 Å². The van der Waals surface area contributed by atoms with Crippen LogP contribution in [0.15, 0.2) is 36.4 Å². The Morgan fingerprint density at radius 3 is 2.60 bits per heavy atom. The normalized spacial score (nSPS) is 9.87. The number of rotatable bonds is 2. The Morgan fingerprint density at radius 2 is 2.07 bits per heavy atom. The molecule has 3 nitrogen and oxygen atoms in total. The van der Waals surface area contributed by atoms with Crippen molar-refractivity contribution in [1.82, 2.24) is 9.78 Å². The van der Waals surface area contributed by atoms with E-state index >= 15 is 0 Å². The smallest absolute Gasteiger partial charge is 0.139 e. The van der Waals surface area contributed by atoms with Crippen molar-refractivity contribution < 1.29 is 0 Å². The second-order valence-corrected chi connectivity index (χ2v) is 3.21. The number of aromatic nitrogens is 2. The number of hydrogen-bond donors (Lipinski definition) is 0. The van der Waals surface area contributed by atoms with Crippen LogP contribution in [-0.2, 0) is 6.54 Å². The average molecular weight is 197 g/mol. The summed E-state index contributed by atoms with van der Waals surface area (Å²) in [5, 5.41) is 13.3. The summed E-state index contributed by atoms with van der Waals surface area (Å²) in [5.41, 5.74) is 2.51. The van der Waals surface area contributed by atoms with E-state index in [2.05, 4.69) is 11.2 Å². The maximum atomic E-state index is 8.90. The number of hydrogen-bond acceptors (Lipinski definition) is 2. The zero-order chi connectivity index (χ0) is 10.7. The minimum absolute atomic E-state index is 0.608. The van der Waals surface area contributed by atoms with E-state index in [4.69, 9.17) is 5.26 Å². The highest BCUT2D eigenvalue weighted by Crippen LogP contribution is 2.18. The molecule has 0 spiro atoms. The van der Waals surface area contributed by atoms with Gasteiger partial charge < -0.3 is 0 Å². The Morgan fingerprint density at radius 1 is 1.33 bits per heavy atom. The molecular weight excluding hydrogens is 186 g/mol.